The van der Waals surface area contributed by atoms with Crippen LogP contribution >= 0.6 is 0 Å². The zero-order chi connectivity index (χ0) is 11.9. The summed E-state index contributed by atoms with van der Waals surface area (Å²) in [6.07, 6.45) is 2.69. The van der Waals surface area contributed by atoms with Gasteiger partial charge in [-0.05, 0) is 51.0 Å². The van der Waals surface area contributed by atoms with Crippen LogP contribution in [-0.2, 0) is 0 Å². The molecule has 15 heavy (non-hydrogen) atoms. The smallest absolute Gasteiger partial charge is 0.0125 e. The number of hydrogen-bond acceptors (Lipinski definition) is 1. The van der Waals surface area contributed by atoms with Crippen molar-refractivity contribution >= 4 is 0 Å². The van der Waals surface area contributed by atoms with E-state index < -0.39 is 0 Å². The average molecular weight is 211 g/mol. The van der Waals surface area contributed by atoms with Gasteiger partial charge in [-0.2, -0.15) is 0 Å². The molecule has 1 heteroatoms. The second-order valence-electron chi connectivity index (χ2n) is 7.46. The van der Waals surface area contributed by atoms with Crippen LogP contribution in [0, 0.1) is 10.8 Å². The zero-order valence-electron chi connectivity index (χ0n) is 11.8. The lowest BCUT2D eigenvalue weighted by molar-refractivity contribution is 0.0428. The van der Waals surface area contributed by atoms with E-state index >= 15 is 0 Å². The first-order valence-corrected chi connectivity index (χ1v) is 6.31. The highest BCUT2D eigenvalue weighted by molar-refractivity contribution is 4.93. The molecule has 90 valence electrons. The molecule has 0 amide bonds. The third-order valence-corrected chi connectivity index (χ3v) is 4.60. The lowest BCUT2D eigenvalue weighted by atomic mass is 9.66. The standard InChI is InChI=1S/C14H29N/c1-12(2,3)15-10-8-9-13(4,5)14(6,7)11-15/h8-11H2,1-7H3. The maximum Gasteiger partial charge on any atom is 0.0125 e. The Balaban J connectivity index is 2.87. The van der Waals surface area contributed by atoms with Crippen LogP contribution in [0.25, 0.3) is 0 Å². The summed E-state index contributed by atoms with van der Waals surface area (Å²) in [7, 11) is 0. The highest BCUT2D eigenvalue weighted by atomic mass is 15.2. The van der Waals surface area contributed by atoms with Gasteiger partial charge in [0.05, 0.1) is 0 Å². The van der Waals surface area contributed by atoms with Crippen LogP contribution in [0.4, 0.5) is 0 Å². The predicted octanol–water partition coefficient (Wildman–Crippen LogP) is 3.93. The fourth-order valence-electron chi connectivity index (χ4n) is 2.39. The molecule has 0 N–H and O–H groups in total. The van der Waals surface area contributed by atoms with E-state index in [1.165, 1.54) is 25.9 Å². The second kappa shape index (κ2) is 3.76. The molecule has 1 fully saturated rings. The second-order valence-corrected chi connectivity index (χ2v) is 7.46. The summed E-state index contributed by atoms with van der Waals surface area (Å²) in [6, 6.07) is 0. The molecule has 0 unspecified atom stereocenters. The fraction of sp³-hybridized carbons (Fsp3) is 1.00. The van der Waals surface area contributed by atoms with E-state index in [0.29, 0.717) is 16.4 Å². The molecule has 0 aromatic carbocycles. The topological polar surface area (TPSA) is 3.24 Å². The van der Waals surface area contributed by atoms with Crippen LogP contribution in [-0.4, -0.2) is 23.5 Å². The van der Waals surface area contributed by atoms with Gasteiger partial charge in [-0.15, -0.1) is 0 Å². The largest absolute Gasteiger partial charge is 0.298 e. The SMILES string of the molecule is CC(C)(C)N1CCCC(C)(C)C(C)(C)C1. The highest BCUT2D eigenvalue weighted by Gasteiger charge is 2.41. The van der Waals surface area contributed by atoms with E-state index in [1.807, 2.05) is 0 Å². The third kappa shape index (κ3) is 2.75. The predicted molar refractivity (Wildman–Crippen MR) is 68.1 cm³/mol. The fourth-order valence-corrected chi connectivity index (χ4v) is 2.39. The molecule has 1 heterocycles. The Morgan fingerprint density at radius 3 is 1.93 bits per heavy atom. The van der Waals surface area contributed by atoms with Gasteiger partial charge >= 0.3 is 0 Å². The molecule has 0 atom stereocenters. The van der Waals surface area contributed by atoms with Crippen LogP contribution in [0.5, 0.6) is 0 Å². The molecule has 1 nitrogen and oxygen atoms in total. The van der Waals surface area contributed by atoms with Crippen LogP contribution in [0.1, 0.15) is 61.3 Å². The molecule has 1 saturated heterocycles. The Kier molecular flexibility index (Phi) is 3.27. The van der Waals surface area contributed by atoms with Gasteiger partial charge in [-0.25, -0.2) is 0 Å². The summed E-state index contributed by atoms with van der Waals surface area (Å²) in [5, 5.41) is 0. The molecule has 0 bridgehead atoms. The molecule has 0 saturated carbocycles. The summed E-state index contributed by atoms with van der Waals surface area (Å²) >= 11 is 0. The van der Waals surface area contributed by atoms with Crippen molar-refractivity contribution in [2.45, 2.75) is 66.8 Å². The van der Waals surface area contributed by atoms with Crippen molar-refractivity contribution in [3.63, 3.8) is 0 Å². The lowest BCUT2D eigenvalue weighted by Gasteiger charge is -2.45. The minimum Gasteiger partial charge on any atom is -0.298 e. The quantitative estimate of drug-likeness (QED) is 0.587. The Morgan fingerprint density at radius 2 is 1.47 bits per heavy atom. The van der Waals surface area contributed by atoms with Gasteiger partial charge in [-0.3, -0.25) is 4.90 Å². The molecular formula is C14H29N. The molecule has 1 rings (SSSR count). The Bertz CT molecular complexity index is 220. The van der Waals surface area contributed by atoms with Gasteiger partial charge in [0, 0.05) is 12.1 Å². The van der Waals surface area contributed by atoms with Gasteiger partial charge in [0.1, 0.15) is 0 Å². The lowest BCUT2D eigenvalue weighted by Crippen LogP contribution is -2.48. The maximum atomic E-state index is 2.65. The van der Waals surface area contributed by atoms with E-state index in [9.17, 15) is 0 Å². The monoisotopic (exact) mass is 211 g/mol. The van der Waals surface area contributed by atoms with Gasteiger partial charge in [0.15, 0.2) is 0 Å². The van der Waals surface area contributed by atoms with E-state index in [4.69, 9.17) is 0 Å². The first-order chi connectivity index (χ1) is 6.56. The molecule has 0 spiro atoms. The number of nitrogens with zero attached hydrogens (tertiary/aromatic N) is 1. The highest BCUT2D eigenvalue weighted by Crippen LogP contribution is 2.45. The molecule has 0 aromatic heterocycles. The number of rotatable bonds is 0. The normalized spacial score (nSPS) is 27.4. The number of likely N-dealkylation sites (tertiary alicyclic amines) is 1. The first-order valence-electron chi connectivity index (χ1n) is 6.31. The van der Waals surface area contributed by atoms with Crippen LogP contribution < -0.4 is 0 Å². The summed E-state index contributed by atoms with van der Waals surface area (Å²) in [6.45, 7) is 19.2. The van der Waals surface area contributed by atoms with E-state index in [1.54, 1.807) is 0 Å². The van der Waals surface area contributed by atoms with E-state index in [0.717, 1.165) is 0 Å². The van der Waals surface area contributed by atoms with Crippen LogP contribution in [0.2, 0.25) is 0 Å². The molecular weight excluding hydrogens is 182 g/mol. The molecule has 0 aliphatic carbocycles. The van der Waals surface area contributed by atoms with Crippen LogP contribution in [0.3, 0.4) is 0 Å². The summed E-state index contributed by atoms with van der Waals surface area (Å²) in [5.41, 5.74) is 1.20. The van der Waals surface area contributed by atoms with Crippen molar-refractivity contribution in [3.05, 3.63) is 0 Å². The van der Waals surface area contributed by atoms with Crippen molar-refractivity contribution in [3.8, 4) is 0 Å². The maximum absolute atomic E-state index is 2.65. The Morgan fingerprint density at radius 1 is 0.933 bits per heavy atom. The van der Waals surface area contributed by atoms with Crippen molar-refractivity contribution in [1.82, 2.24) is 4.90 Å². The van der Waals surface area contributed by atoms with E-state index in [-0.39, 0.29) is 0 Å². The van der Waals surface area contributed by atoms with Gasteiger partial charge in [0.25, 0.3) is 0 Å². The summed E-state index contributed by atoms with van der Waals surface area (Å²) < 4.78 is 0. The number of hydrogen-bond donors (Lipinski definition) is 0. The molecule has 0 aromatic rings. The summed E-state index contributed by atoms with van der Waals surface area (Å²) in [5.74, 6) is 0. The van der Waals surface area contributed by atoms with Crippen LogP contribution in [0.15, 0.2) is 0 Å². The first kappa shape index (κ1) is 13.0. The van der Waals surface area contributed by atoms with Crippen molar-refractivity contribution in [1.29, 1.82) is 0 Å². The van der Waals surface area contributed by atoms with Crippen molar-refractivity contribution < 1.29 is 0 Å². The molecule has 1 aliphatic heterocycles. The van der Waals surface area contributed by atoms with E-state index in [2.05, 4.69) is 53.4 Å². The van der Waals surface area contributed by atoms with Crippen molar-refractivity contribution in [2.24, 2.45) is 10.8 Å². The molecule has 1 aliphatic rings. The Labute approximate surface area is 96.2 Å². The Hall–Kier alpha value is -0.0400. The van der Waals surface area contributed by atoms with Crippen molar-refractivity contribution in [2.75, 3.05) is 13.1 Å². The minimum atomic E-state index is 0.317. The third-order valence-electron chi connectivity index (χ3n) is 4.60. The minimum absolute atomic E-state index is 0.317. The van der Waals surface area contributed by atoms with Gasteiger partial charge in [-0.1, -0.05) is 27.7 Å². The molecule has 0 radical (unpaired) electrons. The zero-order valence-corrected chi connectivity index (χ0v) is 11.8. The summed E-state index contributed by atoms with van der Waals surface area (Å²) in [4.78, 5) is 2.65. The average Bonchev–Trinajstić information content (AvgIpc) is 2.08. The van der Waals surface area contributed by atoms with Gasteiger partial charge in [0.2, 0.25) is 0 Å². The van der Waals surface area contributed by atoms with Gasteiger partial charge < -0.3 is 0 Å².